The Morgan fingerprint density at radius 1 is 0.786 bits per heavy atom. The van der Waals surface area contributed by atoms with E-state index in [2.05, 4.69) is 39.8 Å². The van der Waals surface area contributed by atoms with E-state index in [1.54, 1.807) is 0 Å². The number of amides is 1. The highest BCUT2D eigenvalue weighted by Gasteiger charge is 2.25. The van der Waals surface area contributed by atoms with Crippen molar-refractivity contribution in [3.05, 3.63) is 95.8 Å². The topological polar surface area (TPSA) is 63.9 Å². The first-order chi connectivity index (χ1) is 13.8. The molecule has 0 radical (unpaired) electrons. The zero-order valence-electron chi connectivity index (χ0n) is 15.1. The Labute approximate surface area is 162 Å². The van der Waals surface area contributed by atoms with Crippen LogP contribution in [-0.4, -0.2) is 31.0 Å². The predicted molar refractivity (Wildman–Crippen MR) is 105 cm³/mol. The predicted octanol–water partition coefficient (Wildman–Crippen LogP) is 3.49. The van der Waals surface area contributed by atoms with Crippen LogP contribution < -0.4 is 0 Å². The van der Waals surface area contributed by atoms with Gasteiger partial charge >= 0.3 is 0 Å². The van der Waals surface area contributed by atoms with Crippen LogP contribution in [0.2, 0.25) is 0 Å². The second-order valence-corrected chi connectivity index (χ2v) is 6.75. The van der Waals surface area contributed by atoms with Crippen LogP contribution in [-0.2, 0) is 13.1 Å². The molecule has 0 saturated carbocycles. The van der Waals surface area contributed by atoms with E-state index in [0.29, 0.717) is 24.3 Å². The summed E-state index contributed by atoms with van der Waals surface area (Å²) < 4.78 is 1.52. The van der Waals surface area contributed by atoms with Gasteiger partial charge in [-0.1, -0.05) is 60.7 Å². The molecule has 0 aliphatic carbocycles. The average molecular weight is 367 g/mol. The summed E-state index contributed by atoms with van der Waals surface area (Å²) in [5.74, 6) is -0.0439. The summed E-state index contributed by atoms with van der Waals surface area (Å²) in [7, 11) is 0. The van der Waals surface area contributed by atoms with Crippen molar-refractivity contribution in [1.82, 2.24) is 25.1 Å². The largest absolute Gasteiger partial charge is 0.330 e. The van der Waals surface area contributed by atoms with Crippen LogP contribution in [0.3, 0.4) is 0 Å². The van der Waals surface area contributed by atoms with Gasteiger partial charge in [-0.2, -0.15) is 4.68 Å². The van der Waals surface area contributed by atoms with Crippen LogP contribution >= 0.6 is 0 Å². The van der Waals surface area contributed by atoms with Crippen LogP contribution in [0, 0.1) is 0 Å². The summed E-state index contributed by atoms with van der Waals surface area (Å²) in [6, 6.07) is 24.0. The number of carbonyl (C=O) groups is 1. The smallest absolute Gasteiger partial charge is 0.256 e. The van der Waals surface area contributed by atoms with Crippen LogP contribution in [0.25, 0.3) is 16.8 Å². The van der Waals surface area contributed by atoms with Crippen LogP contribution in [0.1, 0.15) is 21.5 Å². The fourth-order valence-corrected chi connectivity index (χ4v) is 3.75. The Morgan fingerprint density at radius 3 is 2.04 bits per heavy atom. The minimum atomic E-state index is -0.0439. The molecule has 3 aromatic carbocycles. The minimum absolute atomic E-state index is 0.0439. The summed E-state index contributed by atoms with van der Waals surface area (Å²) in [4.78, 5) is 15.4. The SMILES string of the molecule is O=C(c1ccccc1-n1cnnn1)N1Cc2ccccc2-c2ccccc2C1. The average Bonchev–Trinajstić information content (AvgIpc) is 3.23. The molecule has 1 aromatic heterocycles. The molecule has 0 fully saturated rings. The molecule has 0 N–H and O–H groups in total. The molecule has 2 heterocycles. The molecule has 6 heteroatoms. The number of para-hydroxylation sites is 1. The van der Waals surface area contributed by atoms with E-state index in [1.165, 1.54) is 22.1 Å². The second-order valence-electron chi connectivity index (χ2n) is 6.75. The number of aromatic nitrogens is 4. The van der Waals surface area contributed by atoms with E-state index < -0.39 is 0 Å². The Hall–Kier alpha value is -3.80. The fourth-order valence-electron chi connectivity index (χ4n) is 3.75. The summed E-state index contributed by atoms with van der Waals surface area (Å²) in [5, 5.41) is 11.3. The van der Waals surface area contributed by atoms with E-state index in [1.807, 2.05) is 53.4 Å². The normalized spacial score (nSPS) is 12.8. The highest BCUT2D eigenvalue weighted by atomic mass is 16.2. The number of fused-ring (bicyclic) bond motifs is 3. The third-order valence-corrected chi connectivity index (χ3v) is 5.06. The lowest BCUT2D eigenvalue weighted by Gasteiger charge is -2.22. The molecule has 136 valence electrons. The molecule has 0 atom stereocenters. The minimum Gasteiger partial charge on any atom is -0.330 e. The van der Waals surface area contributed by atoms with Gasteiger partial charge in [-0.25, -0.2) is 0 Å². The molecule has 0 bridgehead atoms. The van der Waals surface area contributed by atoms with Crippen molar-refractivity contribution in [2.45, 2.75) is 13.1 Å². The first-order valence-corrected chi connectivity index (χ1v) is 9.09. The van der Waals surface area contributed by atoms with E-state index in [4.69, 9.17) is 0 Å². The standard InChI is InChI=1S/C22H17N5O/c28-22(20-11-5-6-12-21(20)27-15-23-24-25-27)26-13-16-7-1-3-9-18(16)19-10-4-2-8-17(19)14-26/h1-12,15H,13-14H2. The van der Waals surface area contributed by atoms with Gasteiger partial charge in [0.05, 0.1) is 11.3 Å². The molecule has 5 rings (SSSR count). The Bertz CT molecular complexity index is 1110. The maximum Gasteiger partial charge on any atom is 0.256 e. The summed E-state index contributed by atoms with van der Waals surface area (Å²) in [6.45, 7) is 1.10. The lowest BCUT2D eigenvalue weighted by atomic mass is 9.97. The Morgan fingerprint density at radius 2 is 1.39 bits per heavy atom. The van der Waals surface area contributed by atoms with Gasteiger partial charge in [0.2, 0.25) is 0 Å². The molecule has 1 aliphatic heterocycles. The number of hydrogen-bond acceptors (Lipinski definition) is 4. The maximum atomic E-state index is 13.5. The number of hydrogen-bond donors (Lipinski definition) is 0. The first-order valence-electron chi connectivity index (χ1n) is 9.09. The maximum absolute atomic E-state index is 13.5. The Balaban J connectivity index is 1.59. The molecule has 28 heavy (non-hydrogen) atoms. The quantitative estimate of drug-likeness (QED) is 0.544. The van der Waals surface area contributed by atoms with Crippen molar-refractivity contribution in [1.29, 1.82) is 0 Å². The monoisotopic (exact) mass is 367 g/mol. The van der Waals surface area contributed by atoms with Crippen LogP contribution in [0.5, 0.6) is 0 Å². The van der Waals surface area contributed by atoms with E-state index in [0.717, 1.165) is 11.1 Å². The van der Waals surface area contributed by atoms with Crippen molar-refractivity contribution in [3.63, 3.8) is 0 Å². The molecule has 4 aromatic rings. The van der Waals surface area contributed by atoms with E-state index in [-0.39, 0.29) is 5.91 Å². The van der Waals surface area contributed by atoms with Crippen molar-refractivity contribution < 1.29 is 4.79 Å². The summed E-state index contributed by atoms with van der Waals surface area (Å²) >= 11 is 0. The van der Waals surface area contributed by atoms with E-state index >= 15 is 0 Å². The van der Waals surface area contributed by atoms with Crippen molar-refractivity contribution >= 4 is 5.91 Å². The number of nitrogens with zero attached hydrogens (tertiary/aromatic N) is 5. The highest BCUT2D eigenvalue weighted by molar-refractivity contribution is 5.98. The third kappa shape index (κ3) is 2.75. The molecule has 6 nitrogen and oxygen atoms in total. The van der Waals surface area contributed by atoms with E-state index in [9.17, 15) is 4.79 Å². The molecule has 0 spiro atoms. The van der Waals surface area contributed by atoms with Gasteiger partial charge in [0.1, 0.15) is 6.33 Å². The fraction of sp³-hybridized carbons (Fsp3) is 0.0909. The molecule has 0 saturated heterocycles. The van der Waals surface area contributed by atoms with Crippen LogP contribution in [0.4, 0.5) is 0 Å². The molecular weight excluding hydrogens is 350 g/mol. The van der Waals surface area contributed by atoms with Gasteiger partial charge in [0.15, 0.2) is 0 Å². The molecular formula is C22H17N5O. The molecule has 1 aliphatic rings. The lowest BCUT2D eigenvalue weighted by Crippen LogP contribution is -2.30. The Kier molecular flexibility index (Phi) is 3.94. The van der Waals surface area contributed by atoms with Gasteiger partial charge in [0.25, 0.3) is 5.91 Å². The molecule has 1 amide bonds. The lowest BCUT2D eigenvalue weighted by molar-refractivity contribution is 0.0732. The van der Waals surface area contributed by atoms with Gasteiger partial charge in [-0.15, -0.1) is 5.10 Å². The summed E-state index contributed by atoms with van der Waals surface area (Å²) in [6.07, 6.45) is 1.50. The number of rotatable bonds is 2. The second kappa shape index (κ2) is 6.74. The summed E-state index contributed by atoms with van der Waals surface area (Å²) in [5.41, 5.74) is 5.89. The zero-order valence-corrected chi connectivity index (χ0v) is 15.1. The van der Waals surface area contributed by atoms with Gasteiger partial charge in [-0.3, -0.25) is 4.79 Å². The number of carbonyl (C=O) groups excluding carboxylic acids is 1. The van der Waals surface area contributed by atoms with Gasteiger partial charge in [0, 0.05) is 13.1 Å². The number of benzene rings is 3. The first kappa shape index (κ1) is 16.4. The van der Waals surface area contributed by atoms with Crippen LogP contribution in [0.15, 0.2) is 79.1 Å². The number of tetrazole rings is 1. The zero-order chi connectivity index (χ0) is 18.9. The highest BCUT2D eigenvalue weighted by Crippen LogP contribution is 2.33. The van der Waals surface area contributed by atoms with Gasteiger partial charge < -0.3 is 4.90 Å². The van der Waals surface area contributed by atoms with Crippen molar-refractivity contribution in [2.75, 3.05) is 0 Å². The molecule has 0 unspecified atom stereocenters. The van der Waals surface area contributed by atoms with Crippen molar-refractivity contribution in [3.8, 4) is 16.8 Å². The van der Waals surface area contributed by atoms with Crippen molar-refractivity contribution in [2.24, 2.45) is 0 Å². The third-order valence-electron chi connectivity index (χ3n) is 5.06. The van der Waals surface area contributed by atoms with Gasteiger partial charge in [-0.05, 0) is 44.8 Å².